The summed E-state index contributed by atoms with van der Waals surface area (Å²) in [5.74, 6) is 0.208. The number of Topliss-reactive ketones (excluding diaryl/α,β-unsaturated/α-hetero) is 1. The summed E-state index contributed by atoms with van der Waals surface area (Å²) < 4.78 is 5.83. The van der Waals surface area contributed by atoms with Crippen LogP contribution in [0, 0.1) is 0 Å². The molecule has 4 rings (SSSR count). The van der Waals surface area contributed by atoms with Crippen LogP contribution in [0.15, 0.2) is 59.3 Å². The summed E-state index contributed by atoms with van der Waals surface area (Å²) in [5, 5.41) is 4.65. The van der Waals surface area contributed by atoms with Gasteiger partial charge in [-0.2, -0.15) is 0 Å². The van der Waals surface area contributed by atoms with E-state index < -0.39 is 0 Å². The Balaban J connectivity index is 1.81. The van der Waals surface area contributed by atoms with Crippen molar-refractivity contribution < 1.29 is 9.21 Å². The number of halogens is 1. The zero-order valence-electron chi connectivity index (χ0n) is 15.1. The van der Waals surface area contributed by atoms with E-state index in [1.54, 1.807) is 43.6 Å². The standard InChI is InChI=1S/C21H17ClN4O2/c1-2-17(27)16-10-12(6-8-24-16)18-20-15(7-9-25-18)19(21(23)28-20)26-14-5-3-4-13(22)11-14/h3-11,26H,2,23H2,1H3. The third-order valence-corrected chi connectivity index (χ3v) is 4.60. The second kappa shape index (κ2) is 7.32. The number of furan rings is 1. The Morgan fingerprint density at radius 1 is 1.18 bits per heavy atom. The van der Waals surface area contributed by atoms with Crippen molar-refractivity contribution in [2.75, 3.05) is 11.1 Å². The molecule has 0 saturated heterocycles. The Kier molecular flexibility index (Phi) is 4.71. The molecule has 0 aliphatic heterocycles. The van der Waals surface area contributed by atoms with Crippen LogP contribution in [0.2, 0.25) is 5.02 Å². The first-order valence-electron chi connectivity index (χ1n) is 8.76. The average molecular weight is 393 g/mol. The Morgan fingerprint density at radius 2 is 2.00 bits per heavy atom. The first kappa shape index (κ1) is 18.0. The predicted octanol–water partition coefficient (Wildman–Crippen LogP) is 5.46. The Hall–Kier alpha value is -3.38. The van der Waals surface area contributed by atoms with E-state index in [0.29, 0.717) is 34.1 Å². The first-order valence-corrected chi connectivity index (χ1v) is 9.14. The largest absolute Gasteiger partial charge is 0.436 e. The monoisotopic (exact) mass is 392 g/mol. The summed E-state index contributed by atoms with van der Waals surface area (Å²) in [6.45, 7) is 1.80. The number of rotatable bonds is 5. The van der Waals surface area contributed by atoms with Crippen LogP contribution in [0.3, 0.4) is 0 Å². The van der Waals surface area contributed by atoms with Gasteiger partial charge in [-0.1, -0.05) is 24.6 Å². The van der Waals surface area contributed by atoms with Crippen LogP contribution in [0.1, 0.15) is 23.8 Å². The molecule has 0 radical (unpaired) electrons. The molecule has 1 aromatic carbocycles. The highest BCUT2D eigenvalue weighted by molar-refractivity contribution is 6.30. The van der Waals surface area contributed by atoms with E-state index in [0.717, 1.165) is 16.6 Å². The molecule has 6 nitrogen and oxygen atoms in total. The van der Waals surface area contributed by atoms with Gasteiger partial charge in [0, 0.05) is 35.1 Å². The van der Waals surface area contributed by atoms with E-state index in [9.17, 15) is 4.79 Å². The molecule has 0 fully saturated rings. The van der Waals surface area contributed by atoms with Gasteiger partial charge in [-0.25, -0.2) is 0 Å². The van der Waals surface area contributed by atoms with Crippen molar-refractivity contribution in [1.29, 1.82) is 0 Å². The second-order valence-electron chi connectivity index (χ2n) is 6.22. The molecule has 0 amide bonds. The Labute approximate surface area is 166 Å². The molecule has 7 heteroatoms. The zero-order chi connectivity index (χ0) is 19.7. The van der Waals surface area contributed by atoms with Gasteiger partial charge in [0.05, 0.1) is 5.39 Å². The quantitative estimate of drug-likeness (QED) is 0.438. The summed E-state index contributed by atoms with van der Waals surface area (Å²) in [5.41, 5.74) is 9.82. The molecule has 28 heavy (non-hydrogen) atoms. The number of carbonyl (C=O) groups excluding carboxylic acids is 1. The number of hydrogen-bond donors (Lipinski definition) is 2. The number of fused-ring (bicyclic) bond motifs is 1. The van der Waals surface area contributed by atoms with E-state index in [2.05, 4.69) is 15.3 Å². The van der Waals surface area contributed by atoms with Crippen molar-refractivity contribution in [2.45, 2.75) is 13.3 Å². The Bertz CT molecular complexity index is 1190. The van der Waals surface area contributed by atoms with Gasteiger partial charge >= 0.3 is 0 Å². The van der Waals surface area contributed by atoms with E-state index >= 15 is 0 Å². The molecule has 0 aliphatic rings. The third-order valence-electron chi connectivity index (χ3n) is 4.37. The van der Waals surface area contributed by atoms with Gasteiger partial charge in [0.2, 0.25) is 5.88 Å². The number of aromatic nitrogens is 2. The number of benzene rings is 1. The number of anilines is 3. The van der Waals surface area contributed by atoms with Crippen molar-refractivity contribution in [1.82, 2.24) is 9.97 Å². The molecule has 0 unspecified atom stereocenters. The van der Waals surface area contributed by atoms with Crippen molar-refractivity contribution in [2.24, 2.45) is 0 Å². The predicted molar refractivity (Wildman–Crippen MR) is 111 cm³/mol. The minimum Gasteiger partial charge on any atom is -0.436 e. The van der Waals surface area contributed by atoms with Gasteiger partial charge < -0.3 is 15.5 Å². The summed E-state index contributed by atoms with van der Waals surface area (Å²) in [6.07, 6.45) is 3.66. The van der Waals surface area contributed by atoms with E-state index in [4.69, 9.17) is 21.8 Å². The fourth-order valence-corrected chi connectivity index (χ4v) is 3.19. The number of nitrogens with zero attached hydrogens (tertiary/aromatic N) is 2. The van der Waals surface area contributed by atoms with Crippen molar-refractivity contribution in [3.05, 3.63) is 65.6 Å². The van der Waals surface area contributed by atoms with Gasteiger partial charge in [0.1, 0.15) is 17.1 Å². The summed E-state index contributed by atoms with van der Waals surface area (Å²) in [7, 11) is 0. The lowest BCUT2D eigenvalue weighted by Gasteiger charge is -2.06. The van der Waals surface area contributed by atoms with Gasteiger partial charge in [-0.15, -0.1) is 0 Å². The number of nitrogen functional groups attached to an aromatic ring is 1. The molecular formula is C21H17ClN4O2. The van der Waals surface area contributed by atoms with Crippen LogP contribution in [-0.4, -0.2) is 15.8 Å². The van der Waals surface area contributed by atoms with Crippen LogP contribution in [-0.2, 0) is 0 Å². The molecule has 140 valence electrons. The lowest BCUT2D eigenvalue weighted by atomic mass is 10.1. The lowest BCUT2D eigenvalue weighted by Crippen LogP contribution is -2.00. The number of ketones is 1. The number of hydrogen-bond acceptors (Lipinski definition) is 6. The van der Waals surface area contributed by atoms with E-state index in [1.165, 1.54) is 0 Å². The number of carbonyl (C=O) groups is 1. The van der Waals surface area contributed by atoms with Crippen LogP contribution in [0.4, 0.5) is 17.3 Å². The highest BCUT2D eigenvalue weighted by Gasteiger charge is 2.18. The first-order chi connectivity index (χ1) is 13.6. The van der Waals surface area contributed by atoms with Crippen LogP contribution in [0.25, 0.3) is 22.2 Å². The molecule has 0 aliphatic carbocycles. The molecule has 3 aromatic heterocycles. The molecule has 0 saturated carbocycles. The maximum atomic E-state index is 12.0. The lowest BCUT2D eigenvalue weighted by molar-refractivity contribution is 0.0983. The molecule has 4 aromatic rings. The fourth-order valence-electron chi connectivity index (χ4n) is 3.00. The average Bonchev–Trinajstić information content (AvgIpc) is 3.03. The van der Waals surface area contributed by atoms with Gasteiger partial charge in [0.15, 0.2) is 11.4 Å². The molecule has 3 heterocycles. The van der Waals surface area contributed by atoms with Crippen molar-refractivity contribution in [3.8, 4) is 11.3 Å². The molecule has 0 spiro atoms. The van der Waals surface area contributed by atoms with Crippen molar-refractivity contribution in [3.63, 3.8) is 0 Å². The third kappa shape index (κ3) is 3.30. The highest BCUT2D eigenvalue weighted by Crippen LogP contribution is 2.39. The Morgan fingerprint density at radius 3 is 2.79 bits per heavy atom. The van der Waals surface area contributed by atoms with Gasteiger partial charge in [-0.3, -0.25) is 14.8 Å². The van der Waals surface area contributed by atoms with Crippen LogP contribution < -0.4 is 11.1 Å². The van der Waals surface area contributed by atoms with Crippen LogP contribution >= 0.6 is 11.6 Å². The zero-order valence-corrected chi connectivity index (χ0v) is 15.8. The summed E-state index contributed by atoms with van der Waals surface area (Å²) in [6, 6.07) is 12.7. The van der Waals surface area contributed by atoms with E-state index in [1.807, 2.05) is 18.2 Å². The SMILES string of the molecule is CCC(=O)c1cc(-c2nccc3c(Nc4cccc(Cl)c4)c(N)oc23)ccn1. The fraction of sp³-hybridized carbons (Fsp3) is 0.0952. The minimum atomic E-state index is -0.0312. The molecule has 0 atom stereocenters. The number of pyridine rings is 2. The van der Waals surface area contributed by atoms with Gasteiger partial charge in [-0.05, 0) is 36.4 Å². The number of nitrogens with one attached hydrogen (secondary N) is 1. The molecule has 0 bridgehead atoms. The van der Waals surface area contributed by atoms with Gasteiger partial charge in [0.25, 0.3) is 0 Å². The molecular weight excluding hydrogens is 376 g/mol. The van der Waals surface area contributed by atoms with Crippen LogP contribution in [0.5, 0.6) is 0 Å². The highest BCUT2D eigenvalue weighted by atomic mass is 35.5. The minimum absolute atomic E-state index is 0.0312. The molecule has 3 N–H and O–H groups in total. The van der Waals surface area contributed by atoms with E-state index in [-0.39, 0.29) is 11.7 Å². The summed E-state index contributed by atoms with van der Waals surface area (Å²) in [4.78, 5) is 20.6. The maximum absolute atomic E-state index is 12.0. The van der Waals surface area contributed by atoms with Crippen molar-refractivity contribution >= 4 is 45.6 Å². The topological polar surface area (TPSA) is 94.0 Å². The smallest absolute Gasteiger partial charge is 0.215 e. The maximum Gasteiger partial charge on any atom is 0.215 e. The summed E-state index contributed by atoms with van der Waals surface area (Å²) >= 11 is 6.06. The number of nitrogens with two attached hydrogens (primary N) is 1. The second-order valence-corrected chi connectivity index (χ2v) is 6.66. The normalized spacial score (nSPS) is 10.9.